The van der Waals surface area contributed by atoms with Crippen molar-refractivity contribution in [3.8, 4) is 0 Å². The molecule has 1 heterocycles. The van der Waals surface area contributed by atoms with Gasteiger partial charge in [0.15, 0.2) is 0 Å². The molecular formula is C24H27ClN2O2. The Bertz CT molecular complexity index is 946. The molecule has 1 aliphatic carbocycles. The maximum absolute atomic E-state index is 12.8. The van der Waals surface area contributed by atoms with Gasteiger partial charge in [0.25, 0.3) is 5.91 Å². The van der Waals surface area contributed by atoms with Gasteiger partial charge in [0, 0.05) is 29.2 Å². The number of nitrogens with one attached hydrogen (secondary N) is 1. The lowest BCUT2D eigenvalue weighted by Crippen LogP contribution is -2.45. The second-order valence-corrected chi connectivity index (χ2v) is 9.00. The van der Waals surface area contributed by atoms with Gasteiger partial charge in [-0.15, -0.1) is 0 Å². The molecule has 152 valence electrons. The Morgan fingerprint density at radius 1 is 1.17 bits per heavy atom. The number of halogens is 1. The summed E-state index contributed by atoms with van der Waals surface area (Å²) in [5.74, 6) is 0.393. The minimum atomic E-state index is -0.219. The minimum absolute atomic E-state index is 0.0418. The Balaban J connectivity index is 1.46. The average molecular weight is 411 g/mol. The van der Waals surface area contributed by atoms with E-state index in [4.69, 9.17) is 11.6 Å². The molecule has 0 unspecified atom stereocenters. The quantitative estimate of drug-likeness (QED) is 0.736. The molecule has 1 fully saturated rings. The fraction of sp³-hybridized carbons (Fsp3) is 0.417. The normalized spacial score (nSPS) is 24.5. The number of nitrogens with zero attached hydrogens (tertiary/aromatic N) is 1. The van der Waals surface area contributed by atoms with E-state index in [2.05, 4.69) is 17.4 Å². The van der Waals surface area contributed by atoms with Crippen molar-refractivity contribution in [2.75, 3.05) is 12.4 Å². The highest BCUT2D eigenvalue weighted by Gasteiger charge is 2.50. The zero-order chi connectivity index (χ0) is 20.8. The number of hydrogen-bond donors (Lipinski definition) is 1. The fourth-order valence-corrected chi connectivity index (χ4v) is 5.15. The first-order valence-corrected chi connectivity index (χ1v) is 10.7. The van der Waals surface area contributed by atoms with E-state index in [0.717, 1.165) is 48.1 Å². The molecular weight excluding hydrogens is 384 g/mol. The van der Waals surface area contributed by atoms with Crippen LogP contribution in [0.15, 0.2) is 42.5 Å². The van der Waals surface area contributed by atoms with Gasteiger partial charge in [0.2, 0.25) is 5.91 Å². The maximum atomic E-state index is 12.8. The van der Waals surface area contributed by atoms with Crippen molar-refractivity contribution in [1.29, 1.82) is 0 Å². The Hall–Kier alpha value is -2.33. The molecule has 5 heteroatoms. The molecule has 2 aliphatic rings. The van der Waals surface area contributed by atoms with Crippen LogP contribution in [-0.4, -0.2) is 23.8 Å². The molecule has 0 aromatic heterocycles. The monoisotopic (exact) mass is 410 g/mol. The van der Waals surface area contributed by atoms with Crippen molar-refractivity contribution in [1.82, 2.24) is 4.90 Å². The van der Waals surface area contributed by atoms with E-state index < -0.39 is 0 Å². The summed E-state index contributed by atoms with van der Waals surface area (Å²) in [5.41, 5.74) is 3.67. The summed E-state index contributed by atoms with van der Waals surface area (Å²) in [7, 11) is 1.93. The Labute approximate surface area is 177 Å². The average Bonchev–Trinajstić information content (AvgIpc) is 2.91. The van der Waals surface area contributed by atoms with Gasteiger partial charge < -0.3 is 10.2 Å². The predicted octanol–water partition coefficient (Wildman–Crippen LogP) is 5.39. The van der Waals surface area contributed by atoms with Crippen LogP contribution in [0.3, 0.4) is 0 Å². The summed E-state index contributed by atoms with van der Waals surface area (Å²) in [6.45, 7) is 4.03. The molecule has 2 aromatic carbocycles. The molecule has 1 saturated carbocycles. The summed E-state index contributed by atoms with van der Waals surface area (Å²) >= 11 is 5.92. The lowest BCUT2D eigenvalue weighted by Gasteiger charge is -2.43. The van der Waals surface area contributed by atoms with Gasteiger partial charge in [-0.1, -0.05) is 36.2 Å². The molecule has 4 nitrogen and oxygen atoms in total. The standard InChI is InChI=1S/C24H27ClN2O2/c1-15-4-9-21-20(14-15)23(29)27(3)24(21)12-10-17(11-13-24)16(2)22(28)26-19-7-5-18(25)6-8-19/h4-9,14,16-17H,10-13H2,1-3H3,(H,26,28)/t16-,17?,24?/m1/s1. The van der Waals surface area contributed by atoms with Crippen LogP contribution in [0.5, 0.6) is 0 Å². The van der Waals surface area contributed by atoms with Crippen LogP contribution >= 0.6 is 11.6 Å². The molecule has 4 rings (SSSR count). The first-order chi connectivity index (χ1) is 13.8. The van der Waals surface area contributed by atoms with Crippen LogP contribution in [0.2, 0.25) is 5.02 Å². The van der Waals surface area contributed by atoms with Crippen molar-refractivity contribution in [3.63, 3.8) is 0 Å². The second-order valence-electron chi connectivity index (χ2n) is 8.57. The van der Waals surface area contributed by atoms with E-state index in [9.17, 15) is 9.59 Å². The van der Waals surface area contributed by atoms with Crippen LogP contribution in [0.25, 0.3) is 0 Å². The second kappa shape index (κ2) is 7.49. The fourth-order valence-electron chi connectivity index (χ4n) is 5.02. The predicted molar refractivity (Wildman–Crippen MR) is 116 cm³/mol. The van der Waals surface area contributed by atoms with E-state index in [1.165, 1.54) is 0 Å². The molecule has 2 aromatic rings. The first kappa shape index (κ1) is 20.0. The molecule has 1 aliphatic heterocycles. The Morgan fingerprint density at radius 3 is 2.48 bits per heavy atom. The first-order valence-electron chi connectivity index (χ1n) is 10.3. The number of rotatable bonds is 3. The van der Waals surface area contributed by atoms with E-state index >= 15 is 0 Å². The van der Waals surface area contributed by atoms with Gasteiger partial charge in [-0.25, -0.2) is 0 Å². The van der Waals surface area contributed by atoms with Crippen molar-refractivity contribution in [3.05, 3.63) is 64.2 Å². The number of hydrogen-bond acceptors (Lipinski definition) is 2. The largest absolute Gasteiger partial charge is 0.332 e. The smallest absolute Gasteiger partial charge is 0.254 e. The molecule has 0 saturated heterocycles. The zero-order valence-electron chi connectivity index (χ0n) is 17.2. The third-order valence-corrected chi connectivity index (χ3v) is 7.20. The number of carbonyl (C=O) groups is 2. The highest BCUT2D eigenvalue weighted by atomic mass is 35.5. The third kappa shape index (κ3) is 3.44. The van der Waals surface area contributed by atoms with Crippen molar-refractivity contribution in [2.24, 2.45) is 11.8 Å². The number of benzene rings is 2. The topological polar surface area (TPSA) is 49.4 Å². The number of amides is 2. The lowest BCUT2D eigenvalue weighted by atomic mass is 9.69. The van der Waals surface area contributed by atoms with Gasteiger partial charge in [-0.05, 0) is 74.4 Å². The van der Waals surface area contributed by atoms with Gasteiger partial charge in [-0.3, -0.25) is 9.59 Å². The number of fused-ring (bicyclic) bond motifs is 2. The maximum Gasteiger partial charge on any atom is 0.254 e. The zero-order valence-corrected chi connectivity index (χ0v) is 17.9. The van der Waals surface area contributed by atoms with E-state index in [0.29, 0.717) is 10.9 Å². The Morgan fingerprint density at radius 2 is 1.83 bits per heavy atom. The molecule has 2 amide bonds. The number of aryl methyl sites for hydroxylation is 1. The third-order valence-electron chi connectivity index (χ3n) is 6.94. The van der Waals surface area contributed by atoms with Crippen LogP contribution in [0.1, 0.15) is 54.1 Å². The van der Waals surface area contributed by atoms with Gasteiger partial charge in [-0.2, -0.15) is 0 Å². The molecule has 1 spiro atoms. The van der Waals surface area contributed by atoms with E-state index in [1.807, 2.05) is 44.0 Å². The van der Waals surface area contributed by atoms with Crippen LogP contribution < -0.4 is 5.32 Å². The summed E-state index contributed by atoms with van der Waals surface area (Å²) in [6, 6.07) is 13.4. The van der Waals surface area contributed by atoms with Crippen molar-refractivity contribution >= 4 is 29.1 Å². The summed E-state index contributed by atoms with van der Waals surface area (Å²) in [5, 5.41) is 3.65. The molecule has 1 N–H and O–H groups in total. The summed E-state index contributed by atoms with van der Waals surface area (Å²) in [6.07, 6.45) is 3.66. The van der Waals surface area contributed by atoms with E-state index in [-0.39, 0.29) is 23.3 Å². The van der Waals surface area contributed by atoms with Crippen LogP contribution in [0.4, 0.5) is 5.69 Å². The molecule has 1 atom stereocenters. The van der Waals surface area contributed by atoms with E-state index in [1.54, 1.807) is 12.1 Å². The number of anilines is 1. The van der Waals surface area contributed by atoms with Crippen LogP contribution in [-0.2, 0) is 10.3 Å². The van der Waals surface area contributed by atoms with Gasteiger partial charge in [0.05, 0.1) is 5.54 Å². The van der Waals surface area contributed by atoms with Gasteiger partial charge in [0.1, 0.15) is 0 Å². The highest BCUT2D eigenvalue weighted by molar-refractivity contribution is 6.30. The van der Waals surface area contributed by atoms with Crippen molar-refractivity contribution < 1.29 is 9.59 Å². The summed E-state index contributed by atoms with van der Waals surface area (Å²) in [4.78, 5) is 27.5. The van der Waals surface area contributed by atoms with Crippen LogP contribution in [0, 0.1) is 18.8 Å². The molecule has 0 radical (unpaired) electrons. The SMILES string of the molecule is Cc1ccc2c(c1)C(=O)N(C)C21CCC([C@@H](C)C(=O)Nc2ccc(Cl)cc2)CC1. The molecule has 29 heavy (non-hydrogen) atoms. The van der Waals surface area contributed by atoms with Crippen molar-refractivity contribution in [2.45, 2.75) is 45.1 Å². The number of carbonyl (C=O) groups excluding carboxylic acids is 2. The molecule has 0 bridgehead atoms. The highest BCUT2D eigenvalue weighted by Crippen LogP contribution is 2.50. The lowest BCUT2D eigenvalue weighted by molar-refractivity contribution is -0.121. The van der Waals surface area contributed by atoms with Gasteiger partial charge >= 0.3 is 0 Å². The minimum Gasteiger partial charge on any atom is -0.332 e. The Kier molecular flexibility index (Phi) is 5.16. The summed E-state index contributed by atoms with van der Waals surface area (Å²) < 4.78 is 0.